The van der Waals surface area contributed by atoms with E-state index in [0.29, 0.717) is 5.92 Å². The first kappa shape index (κ1) is 16.1. The van der Waals surface area contributed by atoms with E-state index in [4.69, 9.17) is 23.2 Å². The second kappa shape index (κ2) is 6.23. The Balaban J connectivity index is 2.11. The minimum absolute atomic E-state index is 0.105. The predicted molar refractivity (Wildman–Crippen MR) is 85.0 cm³/mol. The Hall–Kier alpha value is -0.270. The van der Waals surface area contributed by atoms with Crippen LogP contribution in [0.1, 0.15) is 45.6 Å². The van der Waals surface area contributed by atoms with Gasteiger partial charge in [0.05, 0.1) is 5.02 Å². The van der Waals surface area contributed by atoms with Gasteiger partial charge in [0.15, 0.2) is 0 Å². The monoisotopic (exact) mass is 316 g/mol. The first-order chi connectivity index (χ1) is 9.29. The van der Waals surface area contributed by atoms with Crippen molar-refractivity contribution in [1.82, 2.24) is 0 Å². The molecule has 3 atom stereocenters. The van der Waals surface area contributed by atoms with Crippen molar-refractivity contribution in [1.29, 1.82) is 0 Å². The second-order valence-corrected chi connectivity index (χ2v) is 7.92. The average molecular weight is 317 g/mol. The number of alkyl halides is 1. The van der Waals surface area contributed by atoms with Crippen LogP contribution in [0.3, 0.4) is 0 Å². The van der Waals surface area contributed by atoms with Crippen LogP contribution in [0.4, 0.5) is 4.39 Å². The molecule has 1 aliphatic rings. The number of hydrogen-bond donors (Lipinski definition) is 0. The molecule has 1 fully saturated rings. The molecule has 1 aromatic rings. The van der Waals surface area contributed by atoms with Crippen molar-refractivity contribution >= 4 is 23.2 Å². The SMILES string of the molecule is CC1CCC(C(C)(C)Cc2ccc(F)c(Cl)c2)C(Cl)C1. The van der Waals surface area contributed by atoms with Crippen molar-refractivity contribution in [3.05, 3.63) is 34.6 Å². The maximum Gasteiger partial charge on any atom is 0.141 e. The molecule has 3 unspecified atom stereocenters. The quantitative estimate of drug-likeness (QED) is 0.592. The molecule has 0 bridgehead atoms. The molecular formula is C17H23Cl2F. The van der Waals surface area contributed by atoms with Gasteiger partial charge in [0.2, 0.25) is 0 Å². The summed E-state index contributed by atoms with van der Waals surface area (Å²) in [7, 11) is 0. The number of rotatable bonds is 3. The fourth-order valence-corrected chi connectivity index (χ4v) is 4.47. The zero-order chi connectivity index (χ0) is 14.9. The van der Waals surface area contributed by atoms with Gasteiger partial charge in [-0.05, 0) is 54.2 Å². The normalized spacial score (nSPS) is 27.6. The fraction of sp³-hybridized carbons (Fsp3) is 0.647. The van der Waals surface area contributed by atoms with Crippen molar-refractivity contribution in [3.63, 3.8) is 0 Å². The first-order valence-corrected chi connectivity index (χ1v) is 8.19. The molecule has 1 aromatic carbocycles. The Kier molecular flexibility index (Phi) is 5.02. The molecule has 112 valence electrons. The van der Waals surface area contributed by atoms with Gasteiger partial charge >= 0.3 is 0 Å². The van der Waals surface area contributed by atoms with E-state index in [1.165, 1.54) is 18.9 Å². The number of hydrogen-bond acceptors (Lipinski definition) is 0. The van der Waals surface area contributed by atoms with E-state index in [2.05, 4.69) is 20.8 Å². The lowest BCUT2D eigenvalue weighted by atomic mass is 9.66. The number of benzene rings is 1. The molecule has 1 aliphatic carbocycles. The third-order valence-electron chi connectivity index (χ3n) is 4.68. The van der Waals surface area contributed by atoms with Crippen LogP contribution >= 0.6 is 23.2 Å². The Bertz CT molecular complexity index is 470. The molecule has 0 spiro atoms. The van der Waals surface area contributed by atoms with E-state index in [-0.39, 0.29) is 21.6 Å². The third-order valence-corrected chi connectivity index (χ3v) is 5.45. The van der Waals surface area contributed by atoms with Gasteiger partial charge in [-0.25, -0.2) is 4.39 Å². The molecule has 0 saturated heterocycles. The van der Waals surface area contributed by atoms with Gasteiger partial charge < -0.3 is 0 Å². The summed E-state index contributed by atoms with van der Waals surface area (Å²) < 4.78 is 13.2. The van der Waals surface area contributed by atoms with Gasteiger partial charge in [-0.15, -0.1) is 11.6 Å². The molecular weight excluding hydrogens is 294 g/mol. The molecule has 20 heavy (non-hydrogen) atoms. The van der Waals surface area contributed by atoms with Crippen LogP contribution in [-0.4, -0.2) is 5.38 Å². The number of halogens is 3. The van der Waals surface area contributed by atoms with Gasteiger partial charge in [0.25, 0.3) is 0 Å². The van der Waals surface area contributed by atoms with Crippen molar-refractivity contribution in [2.24, 2.45) is 17.3 Å². The third kappa shape index (κ3) is 3.68. The highest BCUT2D eigenvalue weighted by Crippen LogP contribution is 2.44. The van der Waals surface area contributed by atoms with Crippen molar-refractivity contribution < 1.29 is 4.39 Å². The van der Waals surface area contributed by atoms with E-state index in [9.17, 15) is 4.39 Å². The summed E-state index contributed by atoms with van der Waals surface area (Å²) in [6.45, 7) is 6.80. The van der Waals surface area contributed by atoms with E-state index in [1.807, 2.05) is 6.07 Å². The zero-order valence-electron chi connectivity index (χ0n) is 12.4. The topological polar surface area (TPSA) is 0 Å². The van der Waals surface area contributed by atoms with Crippen LogP contribution in [0.2, 0.25) is 5.02 Å². The van der Waals surface area contributed by atoms with Crippen LogP contribution in [0, 0.1) is 23.1 Å². The zero-order valence-corrected chi connectivity index (χ0v) is 13.9. The highest BCUT2D eigenvalue weighted by Gasteiger charge is 2.38. The lowest BCUT2D eigenvalue weighted by molar-refractivity contribution is 0.142. The van der Waals surface area contributed by atoms with Crippen molar-refractivity contribution in [2.45, 2.75) is 51.8 Å². The largest absolute Gasteiger partial charge is 0.205 e. The summed E-state index contributed by atoms with van der Waals surface area (Å²) >= 11 is 12.5. The summed E-state index contributed by atoms with van der Waals surface area (Å²) in [6.07, 6.45) is 4.41. The predicted octanol–water partition coefficient (Wildman–Crippen LogP) is 6.09. The van der Waals surface area contributed by atoms with Crippen molar-refractivity contribution in [3.8, 4) is 0 Å². The van der Waals surface area contributed by atoms with Crippen molar-refractivity contribution in [2.75, 3.05) is 0 Å². The molecule has 0 nitrogen and oxygen atoms in total. The van der Waals surface area contributed by atoms with E-state index in [1.54, 1.807) is 6.07 Å². The molecule has 0 amide bonds. The lowest BCUT2D eigenvalue weighted by Gasteiger charge is -2.42. The van der Waals surface area contributed by atoms with Gasteiger partial charge in [0.1, 0.15) is 5.82 Å². The summed E-state index contributed by atoms with van der Waals surface area (Å²) in [5.41, 5.74) is 1.19. The van der Waals surface area contributed by atoms with Crippen LogP contribution in [0.25, 0.3) is 0 Å². The summed E-state index contributed by atoms with van der Waals surface area (Å²) in [5.74, 6) is 0.879. The van der Waals surface area contributed by atoms with Crippen LogP contribution in [0.15, 0.2) is 18.2 Å². The minimum atomic E-state index is -0.352. The van der Waals surface area contributed by atoms with E-state index >= 15 is 0 Å². The molecule has 1 saturated carbocycles. The van der Waals surface area contributed by atoms with E-state index in [0.717, 1.165) is 24.3 Å². The lowest BCUT2D eigenvalue weighted by Crippen LogP contribution is -2.37. The highest BCUT2D eigenvalue weighted by molar-refractivity contribution is 6.30. The van der Waals surface area contributed by atoms with Gasteiger partial charge in [-0.2, -0.15) is 0 Å². The Labute approximate surface area is 131 Å². The van der Waals surface area contributed by atoms with Crippen LogP contribution in [-0.2, 0) is 6.42 Å². The molecule has 0 radical (unpaired) electrons. The smallest absolute Gasteiger partial charge is 0.141 e. The maximum atomic E-state index is 13.2. The standard InChI is InChI=1S/C17H23Cl2F/c1-11-4-6-13(14(18)8-11)17(2,3)10-12-5-7-16(20)15(19)9-12/h5,7,9,11,13-14H,4,6,8,10H2,1-3H3. The second-order valence-electron chi connectivity index (χ2n) is 6.95. The van der Waals surface area contributed by atoms with Crippen LogP contribution < -0.4 is 0 Å². The maximum absolute atomic E-state index is 13.2. The van der Waals surface area contributed by atoms with E-state index < -0.39 is 0 Å². The Morgan fingerprint density at radius 2 is 2.00 bits per heavy atom. The average Bonchev–Trinajstić information content (AvgIpc) is 2.33. The van der Waals surface area contributed by atoms with Gasteiger partial charge in [-0.1, -0.05) is 44.9 Å². The molecule has 0 heterocycles. The Morgan fingerprint density at radius 3 is 2.60 bits per heavy atom. The van der Waals surface area contributed by atoms with Gasteiger partial charge in [0, 0.05) is 5.38 Å². The first-order valence-electron chi connectivity index (χ1n) is 7.37. The molecule has 3 heteroatoms. The van der Waals surface area contributed by atoms with Crippen LogP contribution in [0.5, 0.6) is 0 Å². The fourth-order valence-electron chi connectivity index (χ4n) is 3.50. The Morgan fingerprint density at radius 1 is 1.30 bits per heavy atom. The minimum Gasteiger partial charge on any atom is -0.205 e. The molecule has 2 rings (SSSR count). The molecule has 0 aliphatic heterocycles. The molecule has 0 aromatic heterocycles. The summed E-state index contributed by atoms with van der Waals surface area (Å²) in [4.78, 5) is 0. The summed E-state index contributed by atoms with van der Waals surface area (Å²) in [5, 5.41) is 0.447. The van der Waals surface area contributed by atoms with Gasteiger partial charge in [-0.3, -0.25) is 0 Å². The highest BCUT2D eigenvalue weighted by atomic mass is 35.5. The summed E-state index contributed by atoms with van der Waals surface area (Å²) in [6, 6.07) is 5.03. The molecule has 0 N–H and O–H groups in total.